The average Bonchev–Trinajstić information content (AvgIpc) is 3.27. The zero-order valence-electron chi connectivity index (χ0n) is 16.2. The predicted octanol–water partition coefficient (Wildman–Crippen LogP) is -3.79. The van der Waals surface area contributed by atoms with Gasteiger partial charge in [-0.2, -0.15) is 0 Å². The van der Waals surface area contributed by atoms with Crippen LogP contribution in [0.15, 0.2) is 11.1 Å². The number of aliphatic hydroxyl groups is 5. The average molecular weight is 426 g/mol. The molecule has 2 aliphatic heterocycles. The Kier molecular flexibility index (Phi) is 6.02. The third-order valence-electron chi connectivity index (χ3n) is 5.57. The number of nitrogens with one attached hydrogen (secondary N) is 1. The summed E-state index contributed by atoms with van der Waals surface area (Å²) in [7, 11) is 0. The molecule has 2 saturated heterocycles. The summed E-state index contributed by atoms with van der Waals surface area (Å²) in [6.45, 7) is 1.74. The van der Waals surface area contributed by atoms with Crippen LogP contribution >= 0.6 is 0 Å². The van der Waals surface area contributed by atoms with Gasteiger partial charge >= 0.3 is 0 Å². The second-order valence-electron chi connectivity index (χ2n) is 7.54. The number of fused-ring (bicyclic) bond motifs is 1. The third-order valence-corrected chi connectivity index (χ3v) is 5.57. The lowest BCUT2D eigenvalue weighted by molar-refractivity contribution is -0.0505. The fourth-order valence-corrected chi connectivity index (χ4v) is 3.95. The van der Waals surface area contributed by atoms with E-state index in [1.165, 1.54) is 10.9 Å². The van der Waals surface area contributed by atoms with Crippen LogP contribution in [0.4, 0.5) is 5.95 Å². The molecule has 2 aromatic rings. The van der Waals surface area contributed by atoms with Crippen LogP contribution in [-0.2, 0) is 4.74 Å². The lowest BCUT2D eigenvalue weighted by Crippen LogP contribution is -2.50. The number of hydrogen-bond acceptors (Lipinski definition) is 11. The highest BCUT2D eigenvalue weighted by Gasteiger charge is 2.45. The normalized spacial score (nSPS) is 29.0. The van der Waals surface area contributed by atoms with Gasteiger partial charge in [-0.05, 0) is 0 Å². The minimum atomic E-state index is -1.35. The summed E-state index contributed by atoms with van der Waals surface area (Å²) in [5.41, 5.74) is -0.179. The molecular weight excluding hydrogens is 400 g/mol. The van der Waals surface area contributed by atoms with Crippen LogP contribution in [0, 0.1) is 0 Å². The van der Waals surface area contributed by atoms with E-state index < -0.39 is 42.8 Å². The third kappa shape index (κ3) is 3.69. The highest BCUT2D eigenvalue weighted by molar-refractivity contribution is 5.74. The molecule has 13 nitrogen and oxygen atoms in total. The molecule has 13 heteroatoms. The molecule has 2 aliphatic rings. The highest BCUT2D eigenvalue weighted by Crippen LogP contribution is 2.35. The van der Waals surface area contributed by atoms with Crippen LogP contribution in [0.1, 0.15) is 6.23 Å². The van der Waals surface area contributed by atoms with Gasteiger partial charge in [0.15, 0.2) is 17.4 Å². The Labute approximate surface area is 170 Å². The van der Waals surface area contributed by atoms with Crippen molar-refractivity contribution < 1.29 is 30.3 Å². The van der Waals surface area contributed by atoms with E-state index in [9.17, 15) is 25.2 Å². The van der Waals surface area contributed by atoms with Gasteiger partial charge in [-0.15, -0.1) is 0 Å². The number of aromatic nitrogens is 4. The van der Waals surface area contributed by atoms with E-state index in [2.05, 4.69) is 15.0 Å². The second-order valence-corrected chi connectivity index (χ2v) is 7.54. The maximum absolute atomic E-state index is 12.3. The van der Waals surface area contributed by atoms with Gasteiger partial charge in [-0.25, -0.2) is 9.97 Å². The number of aromatic amines is 1. The molecule has 4 heterocycles. The van der Waals surface area contributed by atoms with Gasteiger partial charge in [0.1, 0.15) is 18.3 Å². The quantitative estimate of drug-likeness (QED) is 0.267. The molecular formula is C17H26N6O7. The number of anilines is 1. The molecule has 0 amide bonds. The monoisotopic (exact) mass is 426 g/mol. The molecule has 166 valence electrons. The number of nitrogens with zero attached hydrogens (tertiary/aromatic N) is 5. The SMILES string of the molecule is O=c1[nH]cnc2c1nc(N1CCN(C[C@@H](O)CO)CC1)n2[C@@H]1O[C@H](CO)[C@@H](O)[C@@H]1O. The number of aliphatic hydroxyl groups excluding tert-OH is 5. The van der Waals surface area contributed by atoms with Gasteiger partial charge < -0.3 is 40.2 Å². The Bertz CT molecular complexity index is 927. The molecule has 0 saturated carbocycles. The first-order chi connectivity index (χ1) is 14.4. The van der Waals surface area contributed by atoms with Crippen LogP contribution in [0.2, 0.25) is 0 Å². The van der Waals surface area contributed by atoms with Crippen molar-refractivity contribution in [2.75, 3.05) is 50.8 Å². The topological polar surface area (TPSA) is 180 Å². The van der Waals surface area contributed by atoms with Gasteiger partial charge in [-0.1, -0.05) is 0 Å². The Morgan fingerprint density at radius 1 is 1.20 bits per heavy atom. The summed E-state index contributed by atoms with van der Waals surface area (Å²) in [6, 6.07) is 0. The second kappa shape index (κ2) is 8.55. The van der Waals surface area contributed by atoms with Crippen molar-refractivity contribution in [3.8, 4) is 0 Å². The van der Waals surface area contributed by atoms with Gasteiger partial charge in [0, 0.05) is 32.7 Å². The van der Waals surface area contributed by atoms with Crippen molar-refractivity contribution in [1.29, 1.82) is 0 Å². The summed E-state index contributed by atoms with van der Waals surface area (Å²) in [5.74, 6) is 0.353. The first kappa shape index (κ1) is 21.1. The number of β-amino-alcohol motifs (C(OH)–C–C–N with tert-alkyl or cyclic N) is 1. The van der Waals surface area contributed by atoms with E-state index in [1.54, 1.807) is 0 Å². The lowest BCUT2D eigenvalue weighted by atomic mass is 10.1. The first-order valence-electron chi connectivity index (χ1n) is 9.79. The smallest absolute Gasteiger partial charge is 0.278 e. The maximum atomic E-state index is 12.3. The van der Waals surface area contributed by atoms with Gasteiger partial charge in [0.2, 0.25) is 5.95 Å². The van der Waals surface area contributed by atoms with Crippen LogP contribution < -0.4 is 10.5 Å². The van der Waals surface area contributed by atoms with Crippen LogP contribution in [-0.4, -0.2) is 120 Å². The van der Waals surface area contributed by atoms with E-state index in [1.807, 2.05) is 9.80 Å². The van der Waals surface area contributed by atoms with Gasteiger partial charge in [-0.3, -0.25) is 14.3 Å². The van der Waals surface area contributed by atoms with E-state index >= 15 is 0 Å². The van der Waals surface area contributed by atoms with E-state index in [0.717, 1.165) is 0 Å². The molecule has 2 fully saturated rings. The Morgan fingerprint density at radius 2 is 1.93 bits per heavy atom. The van der Waals surface area contributed by atoms with Crippen molar-refractivity contribution >= 4 is 17.1 Å². The molecule has 0 aliphatic carbocycles. The molecule has 5 atom stereocenters. The van der Waals surface area contributed by atoms with Crippen molar-refractivity contribution in [1.82, 2.24) is 24.4 Å². The standard InChI is InChI=1S/C17H26N6O7/c24-6-9(26)5-21-1-3-22(4-2-21)17-20-11-14(18-8-19-15(11)29)23(17)16-13(28)12(27)10(7-25)30-16/h8-10,12-13,16,24-28H,1-7H2,(H,18,19,29)/t9-,10-,12-,13+,16-/m1/s1. The Balaban J connectivity index is 1.67. The van der Waals surface area contributed by atoms with Gasteiger partial charge in [0.05, 0.1) is 25.6 Å². The fourth-order valence-electron chi connectivity index (χ4n) is 3.95. The lowest BCUT2D eigenvalue weighted by Gasteiger charge is -2.36. The summed E-state index contributed by atoms with van der Waals surface area (Å²) in [6.07, 6.45) is -4.30. The van der Waals surface area contributed by atoms with E-state index in [-0.39, 0.29) is 17.8 Å². The van der Waals surface area contributed by atoms with Crippen molar-refractivity contribution in [2.24, 2.45) is 0 Å². The predicted molar refractivity (Wildman–Crippen MR) is 103 cm³/mol. The molecule has 0 spiro atoms. The van der Waals surface area contributed by atoms with E-state index in [0.29, 0.717) is 38.7 Å². The molecule has 6 N–H and O–H groups in total. The number of imidazole rings is 1. The largest absolute Gasteiger partial charge is 0.394 e. The van der Waals surface area contributed by atoms with Crippen LogP contribution in [0.3, 0.4) is 0 Å². The summed E-state index contributed by atoms with van der Waals surface area (Å²) in [4.78, 5) is 27.3. The van der Waals surface area contributed by atoms with Crippen LogP contribution in [0.25, 0.3) is 11.2 Å². The van der Waals surface area contributed by atoms with Crippen molar-refractivity contribution in [3.63, 3.8) is 0 Å². The number of ether oxygens (including phenoxy) is 1. The van der Waals surface area contributed by atoms with Crippen LogP contribution in [0.5, 0.6) is 0 Å². The van der Waals surface area contributed by atoms with Crippen molar-refractivity contribution in [2.45, 2.75) is 30.6 Å². The van der Waals surface area contributed by atoms with Crippen molar-refractivity contribution in [3.05, 3.63) is 16.7 Å². The number of H-pyrrole nitrogens is 1. The number of piperazine rings is 1. The molecule has 0 radical (unpaired) electrons. The molecule has 30 heavy (non-hydrogen) atoms. The number of hydrogen-bond donors (Lipinski definition) is 6. The Hall–Kier alpha value is -2.13. The molecule has 2 aromatic heterocycles. The van der Waals surface area contributed by atoms with E-state index in [4.69, 9.17) is 9.84 Å². The molecule has 4 rings (SSSR count). The zero-order chi connectivity index (χ0) is 21.4. The Morgan fingerprint density at radius 3 is 2.57 bits per heavy atom. The fraction of sp³-hybridized carbons (Fsp3) is 0.706. The number of rotatable bonds is 6. The first-order valence-corrected chi connectivity index (χ1v) is 9.79. The maximum Gasteiger partial charge on any atom is 0.278 e. The van der Waals surface area contributed by atoms with Gasteiger partial charge in [0.25, 0.3) is 5.56 Å². The zero-order valence-corrected chi connectivity index (χ0v) is 16.2. The highest BCUT2D eigenvalue weighted by atomic mass is 16.6. The minimum Gasteiger partial charge on any atom is -0.394 e. The minimum absolute atomic E-state index is 0.0726. The molecule has 0 bridgehead atoms. The molecule has 0 unspecified atom stereocenters. The summed E-state index contributed by atoms with van der Waals surface area (Å²) < 4.78 is 7.15. The summed E-state index contributed by atoms with van der Waals surface area (Å²) >= 11 is 0. The summed E-state index contributed by atoms with van der Waals surface area (Å²) in [5, 5.41) is 48.8. The molecule has 0 aromatic carbocycles.